The van der Waals surface area contributed by atoms with Crippen molar-refractivity contribution < 1.29 is 4.79 Å². The Morgan fingerprint density at radius 2 is 1.50 bits per heavy atom. The molecular weight excluding hydrogens is 369 g/mol. The van der Waals surface area contributed by atoms with Crippen molar-refractivity contribution in [1.82, 2.24) is 15.1 Å². The number of carbonyl (C=O) groups excluding carboxylic acids is 1. The number of amides is 1. The van der Waals surface area contributed by atoms with Gasteiger partial charge in [-0.1, -0.05) is 35.3 Å². The minimum atomic E-state index is -0.0882. The Morgan fingerprint density at radius 1 is 0.962 bits per heavy atom. The fourth-order valence-corrected chi connectivity index (χ4v) is 3.42. The summed E-state index contributed by atoms with van der Waals surface area (Å²) >= 11 is 11.9. The number of halogens is 2. The van der Waals surface area contributed by atoms with Gasteiger partial charge >= 0.3 is 0 Å². The van der Waals surface area contributed by atoms with Crippen LogP contribution < -0.4 is 5.32 Å². The van der Waals surface area contributed by atoms with Gasteiger partial charge in [-0.3, -0.25) is 9.69 Å². The molecule has 0 aromatic heterocycles. The maximum atomic E-state index is 12.5. The van der Waals surface area contributed by atoms with Crippen molar-refractivity contribution >= 4 is 29.1 Å². The SMILES string of the molecule is CN1CCN(C(CNC(=O)c2ccc(Cl)cc2)c2ccc(Cl)cc2)CC1. The first-order valence-corrected chi connectivity index (χ1v) is 9.50. The zero-order valence-electron chi connectivity index (χ0n) is 14.8. The van der Waals surface area contributed by atoms with Crippen molar-refractivity contribution in [2.45, 2.75) is 6.04 Å². The lowest BCUT2D eigenvalue weighted by Gasteiger charge is -2.38. The van der Waals surface area contributed by atoms with Crippen LogP contribution in [0.5, 0.6) is 0 Å². The highest BCUT2D eigenvalue weighted by Crippen LogP contribution is 2.23. The van der Waals surface area contributed by atoms with E-state index in [9.17, 15) is 4.79 Å². The topological polar surface area (TPSA) is 35.6 Å². The Hall–Kier alpha value is -1.59. The summed E-state index contributed by atoms with van der Waals surface area (Å²) in [6.45, 7) is 4.54. The summed E-state index contributed by atoms with van der Waals surface area (Å²) in [4.78, 5) is 17.2. The van der Waals surface area contributed by atoms with Gasteiger partial charge in [0.15, 0.2) is 0 Å². The average Bonchev–Trinajstić information content (AvgIpc) is 2.65. The molecule has 0 spiro atoms. The molecule has 1 amide bonds. The van der Waals surface area contributed by atoms with Gasteiger partial charge in [0.2, 0.25) is 0 Å². The van der Waals surface area contributed by atoms with E-state index in [4.69, 9.17) is 23.2 Å². The van der Waals surface area contributed by atoms with Gasteiger partial charge in [0.1, 0.15) is 0 Å². The molecule has 3 rings (SSSR count). The first-order valence-electron chi connectivity index (χ1n) is 8.75. The molecule has 1 heterocycles. The second kappa shape index (κ2) is 8.87. The maximum Gasteiger partial charge on any atom is 0.251 e. The van der Waals surface area contributed by atoms with Gasteiger partial charge < -0.3 is 10.2 Å². The molecule has 1 fully saturated rings. The zero-order chi connectivity index (χ0) is 18.5. The van der Waals surface area contributed by atoms with E-state index >= 15 is 0 Å². The molecule has 2 aromatic carbocycles. The van der Waals surface area contributed by atoms with Gasteiger partial charge in [-0.25, -0.2) is 0 Å². The van der Waals surface area contributed by atoms with E-state index in [1.165, 1.54) is 0 Å². The summed E-state index contributed by atoms with van der Waals surface area (Å²) < 4.78 is 0. The second-order valence-electron chi connectivity index (χ2n) is 6.62. The highest BCUT2D eigenvalue weighted by atomic mass is 35.5. The fraction of sp³-hybridized carbons (Fsp3) is 0.350. The van der Waals surface area contributed by atoms with E-state index in [1.807, 2.05) is 24.3 Å². The van der Waals surface area contributed by atoms with Crippen molar-refractivity contribution in [3.63, 3.8) is 0 Å². The molecule has 0 bridgehead atoms. The number of hydrogen-bond donors (Lipinski definition) is 1. The monoisotopic (exact) mass is 391 g/mol. The summed E-state index contributed by atoms with van der Waals surface area (Å²) in [5.74, 6) is -0.0882. The molecule has 1 saturated heterocycles. The largest absolute Gasteiger partial charge is 0.350 e. The summed E-state index contributed by atoms with van der Waals surface area (Å²) in [5.41, 5.74) is 1.78. The molecule has 1 aliphatic rings. The molecule has 1 N–H and O–H groups in total. The fourth-order valence-electron chi connectivity index (χ4n) is 3.17. The molecule has 4 nitrogen and oxygen atoms in total. The summed E-state index contributed by atoms with van der Waals surface area (Å²) in [5, 5.41) is 4.41. The quantitative estimate of drug-likeness (QED) is 0.843. The van der Waals surface area contributed by atoms with Crippen LogP contribution in [0.4, 0.5) is 0 Å². The van der Waals surface area contributed by atoms with Crippen LogP contribution in [0, 0.1) is 0 Å². The lowest BCUT2D eigenvalue weighted by Crippen LogP contribution is -2.48. The van der Waals surface area contributed by atoms with E-state index < -0.39 is 0 Å². The number of piperazine rings is 1. The number of nitrogens with zero attached hydrogens (tertiary/aromatic N) is 2. The van der Waals surface area contributed by atoms with Crippen molar-refractivity contribution in [1.29, 1.82) is 0 Å². The van der Waals surface area contributed by atoms with Gasteiger partial charge in [0.05, 0.1) is 6.04 Å². The molecular formula is C20H23Cl2N3O. The minimum absolute atomic E-state index is 0.0882. The molecule has 1 atom stereocenters. The Labute approximate surface area is 164 Å². The van der Waals surface area contributed by atoms with Crippen molar-refractivity contribution in [3.8, 4) is 0 Å². The third kappa shape index (κ3) is 4.98. The van der Waals surface area contributed by atoms with Crippen LogP contribution in [0.3, 0.4) is 0 Å². The lowest BCUT2D eigenvalue weighted by molar-refractivity contribution is 0.0886. The number of nitrogens with one attached hydrogen (secondary N) is 1. The van der Waals surface area contributed by atoms with E-state index in [0.29, 0.717) is 17.1 Å². The van der Waals surface area contributed by atoms with Crippen LogP contribution in [-0.4, -0.2) is 55.5 Å². The van der Waals surface area contributed by atoms with Gasteiger partial charge in [0.25, 0.3) is 5.91 Å². The van der Waals surface area contributed by atoms with E-state index in [1.54, 1.807) is 24.3 Å². The summed E-state index contributed by atoms with van der Waals surface area (Å²) in [6.07, 6.45) is 0. The predicted octanol–water partition coefficient (Wildman–Crippen LogP) is 3.71. The van der Waals surface area contributed by atoms with Crippen molar-refractivity contribution in [2.75, 3.05) is 39.8 Å². The molecule has 138 valence electrons. The van der Waals surface area contributed by atoms with Crippen LogP contribution in [0.25, 0.3) is 0 Å². The minimum Gasteiger partial charge on any atom is -0.350 e. The first kappa shape index (κ1) is 19.2. The van der Waals surface area contributed by atoms with Gasteiger partial charge in [-0.15, -0.1) is 0 Å². The van der Waals surface area contributed by atoms with Gasteiger partial charge in [0, 0.05) is 48.3 Å². The molecule has 26 heavy (non-hydrogen) atoms. The highest BCUT2D eigenvalue weighted by Gasteiger charge is 2.24. The summed E-state index contributed by atoms with van der Waals surface area (Å²) in [7, 11) is 2.14. The smallest absolute Gasteiger partial charge is 0.251 e. The Bertz CT molecular complexity index is 726. The zero-order valence-corrected chi connectivity index (χ0v) is 16.3. The normalized spacial score (nSPS) is 17.0. The van der Waals surface area contributed by atoms with E-state index in [-0.39, 0.29) is 11.9 Å². The van der Waals surface area contributed by atoms with Crippen LogP contribution in [0.15, 0.2) is 48.5 Å². The average molecular weight is 392 g/mol. The number of rotatable bonds is 5. The van der Waals surface area contributed by atoms with E-state index in [0.717, 1.165) is 36.8 Å². The van der Waals surface area contributed by atoms with Crippen LogP contribution >= 0.6 is 23.2 Å². The Balaban J connectivity index is 1.71. The highest BCUT2D eigenvalue weighted by molar-refractivity contribution is 6.30. The van der Waals surface area contributed by atoms with Crippen LogP contribution in [-0.2, 0) is 0 Å². The van der Waals surface area contributed by atoms with Gasteiger partial charge in [-0.05, 0) is 49.0 Å². The maximum absolute atomic E-state index is 12.5. The standard InChI is InChI=1S/C20H23Cl2N3O/c1-24-10-12-25(13-11-24)19(15-2-6-17(21)7-3-15)14-23-20(26)16-4-8-18(22)9-5-16/h2-9,19H,10-14H2,1H3,(H,23,26). The number of hydrogen-bond acceptors (Lipinski definition) is 3. The predicted molar refractivity (Wildman–Crippen MR) is 107 cm³/mol. The van der Waals surface area contributed by atoms with Crippen molar-refractivity contribution in [2.24, 2.45) is 0 Å². The second-order valence-corrected chi connectivity index (χ2v) is 7.50. The number of benzene rings is 2. The first-order chi connectivity index (χ1) is 12.5. The van der Waals surface area contributed by atoms with Crippen LogP contribution in [0.2, 0.25) is 10.0 Å². The third-order valence-electron chi connectivity index (χ3n) is 4.80. The van der Waals surface area contributed by atoms with E-state index in [2.05, 4.69) is 22.2 Å². The molecule has 1 aliphatic heterocycles. The number of likely N-dealkylation sites (N-methyl/N-ethyl adjacent to an activating group) is 1. The molecule has 0 radical (unpaired) electrons. The lowest BCUT2D eigenvalue weighted by atomic mass is 10.0. The molecule has 2 aromatic rings. The molecule has 1 unspecified atom stereocenters. The van der Waals surface area contributed by atoms with Crippen LogP contribution in [0.1, 0.15) is 22.0 Å². The summed E-state index contributed by atoms with van der Waals surface area (Å²) in [6, 6.07) is 15.0. The van der Waals surface area contributed by atoms with Crippen molar-refractivity contribution in [3.05, 3.63) is 69.7 Å². The molecule has 0 aliphatic carbocycles. The third-order valence-corrected chi connectivity index (χ3v) is 5.30. The number of carbonyl (C=O) groups is 1. The Kier molecular flexibility index (Phi) is 6.54. The Morgan fingerprint density at radius 3 is 2.08 bits per heavy atom. The molecule has 6 heteroatoms. The van der Waals surface area contributed by atoms with Gasteiger partial charge in [-0.2, -0.15) is 0 Å². The molecule has 0 saturated carbocycles.